The Morgan fingerprint density at radius 1 is 1.58 bits per heavy atom. The number of ether oxygens (including phenoxy) is 2. The van der Waals surface area contributed by atoms with Crippen molar-refractivity contribution in [2.75, 3.05) is 13.7 Å². The highest BCUT2D eigenvalue weighted by Crippen LogP contribution is 2.29. The summed E-state index contributed by atoms with van der Waals surface area (Å²) in [4.78, 5) is 24.5. The molecular weight excluding hydrogens is 246 g/mol. The summed E-state index contributed by atoms with van der Waals surface area (Å²) in [5.74, 6) is 1.75. The minimum Gasteiger partial charge on any atom is -0.455 e. The number of rotatable bonds is 5. The van der Waals surface area contributed by atoms with E-state index in [1.807, 2.05) is 0 Å². The molecule has 1 saturated heterocycles. The lowest BCUT2D eigenvalue weighted by Crippen LogP contribution is -2.70. The van der Waals surface area contributed by atoms with Crippen molar-refractivity contribution in [1.82, 2.24) is 4.90 Å². The third-order valence-corrected chi connectivity index (χ3v) is 3.02. The molecule has 0 radical (unpaired) electrons. The van der Waals surface area contributed by atoms with Gasteiger partial charge < -0.3 is 14.4 Å². The van der Waals surface area contributed by atoms with Crippen LogP contribution in [0.25, 0.3) is 0 Å². The number of carbonyl (C=O) groups is 2. The van der Waals surface area contributed by atoms with Gasteiger partial charge in [-0.1, -0.05) is 12.5 Å². The highest BCUT2D eigenvalue weighted by atomic mass is 16.5. The number of terminal acetylenes is 1. The zero-order chi connectivity index (χ0) is 14.6. The molecule has 0 N–H and O–H groups in total. The van der Waals surface area contributed by atoms with Crippen LogP contribution in [0.5, 0.6) is 0 Å². The van der Waals surface area contributed by atoms with Crippen LogP contribution in [-0.4, -0.2) is 48.7 Å². The lowest BCUT2D eigenvalue weighted by Gasteiger charge is -2.48. The number of hydrogen-bond acceptors (Lipinski definition) is 4. The van der Waals surface area contributed by atoms with Crippen molar-refractivity contribution in [3.63, 3.8) is 0 Å². The van der Waals surface area contributed by atoms with Gasteiger partial charge in [0.1, 0.15) is 6.04 Å². The maximum Gasteiger partial charge on any atom is 0.303 e. The summed E-state index contributed by atoms with van der Waals surface area (Å²) in [6, 6.07) is -0.438. The molecule has 1 fully saturated rings. The molecule has 1 aliphatic rings. The van der Waals surface area contributed by atoms with E-state index in [-0.39, 0.29) is 12.5 Å². The molecule has 0 aromatic rings. The summed E-state index contributed by atoms with van der Waals surface area (Å²) in [7, 11) is 1.43. The summed E-state index contributed by atoms with van der Waals surface area (Å²) < 4.78 is 10.4. The molecule has 1 aliphatic heterocycles. The van der Waals surface area contributed by atoms with Gasteiger partial charge >= 0.3 is 5.97 Å². The molecule has 1 amide bonds. The lowest BCUT2D eigenvalue weighted by atomic mass is 9.89. The molecule has 0 aromatic carbocycles. The van der Waals surface area contributed by atoms with Crippen LogP contribution in [0.2, 0.25) is 0 Å². The van der Waals surface area contributed by atoms with Crippen LogP contribution in [0.3, 0.4) is 0 Å². The third kappa shape index (κ3) is 2.87. The summed E-state index contributed by atoms with van der Waals surface area (Å²) in [6.45, 7) is 6.71. The van der Waals surface area contributed by atoms with Crippen molar-refractivity contribution in [1.29, 1.82) is 0 Å². The van der Waals surface area contributed by atoms with Crippen molar-refractivity contribution in [2.24, 2.45) is 0 Å². The molecule has 3 atom stereocenters. The number of methoxy groups -OCH3 is 1. The van der Waals surface area contributed by atoms with Crippen molar-refractivity contribution in [3.8, 4) is 12.3 Å². The molecule has 102 valence electrons. The summed E-state index contributed by atoms with van der Waals surface area (Å²) >= 11 is 0. The van der Waals surface area contributed by atoms with Crippen LogP contribution < -0.4 is 0 Å². The first-order valence-corrected chi connectivity index (χ1v) is 5.78. The molecule has 0 saturated carbocycles. The normalized spacial score (nSPS) is 22.8. The Labute approximate surface area is 112 Å². The number of nitrogens with zero attached hydrogens (tertiary/aromatic N) is 1. The van der Waals surface area contributed by atoms with Crippen LogP contribution in [0, 0.1) is 12.3 Å². The minimum atomic E-state index is -0.666. The fraction of sp³-hybridized carbons (Fsp3) is 0.500. The SMILES string of the molecule is C#CCN1C(=O)[C@H](OC)[C@H]1[C@H](OC(C)=O)C(C)=C=C. The molecule has 0 spiro atoms. The van der Waals surface area contributed by atoms with Gasteiger partial charge in [0.25, 0.3) is 5.91 Å². The van der Waals surface area contributed by atoms with E-state index < -0.39 is 24.2 Å². The average Bonchev–Trinajstić information content (AvgIpc) is 2.38. The van der Waals surface area contributed by atoms with E-state index in [0.717, 1.165) is 0 Å². The molecule has 0 aliphatic carbocycles. The maximum absolute atomic E-state index is 11.8. The number of hydrogen-bond donors (Lipinski definition) is 0. The third-order valence-electron chi connectivity index (χ3n) is 3.02. The Morgan fingerprint density at radius 3 is 2.63 bits per heavy atom. The Balaban J connectivity index is 3.04. The summed E-state index contributed by atoms with van der Waals surface area (Å²) in [6.07, 6.45) is 3.92. The fourth-order valence-electron chi connectivity index (χ4n) is 2.08. The van der Waals surface area contributed by atoms with Gasteiger partial charge in [-0.15, -0.1) is 12.2 Å². The average molecular weight is 263 g/mol. The number of β-lactam (4-membered cyclic amide) rings is 1. The molecule has 1 rings (SSSR count). The van der Waals surface area contributed by atoms with Gasteiger partial charge in [0.05, 0.1) is 6.54 Å². The first kappa shape index (κ1) is 15.0. The molecule has 1 heterocycles. The van der Waals surface area contributed by atoms with E-state index >= 15 is 0 Å². The van der Waals surface area contributed by atoms with Crippen molar-refractivity contribution >= 4 is 11.9 Å². The van der Waals surface area contributed by atoms with E-state index in [0.29, 0.717) is 5.57 Å². The molecule has 0 bridgehead atoms. The molecule has 0 unspecified atom stereocenters. The number of esters is 1. The van der Waals surface area contributed by atoms with Gasteiger partial charge in [0, 0.05) is 19.6 Å². The highest BCUT2D eigenvalue weighted by Gasteiger charge is 2.53. The quantitative estimate of drug-likeness (QED) is 0.314. The molecular formula is C14H17NO4. The van der Waals surface area contributed by atoms with E-state index in [9.17, 15) is 9.59 Å². The molecule has 5 nitrogen and oxygen atoms in total. The van der Waals surface area contributed by atoms with Gasteiger partial charge in [-0.3, -0.25) is 9.59 Å². The van der Waals surface area contributed by atoms with E-state index in [2.05, 4.69) is 18.2 Å². The van der Waals surface area contributed by atoms with Gasteiger partial charge in [-0.2, -0.15) is 0 Å². The van der Waals surface area contributed by atoms with Crippen LogP contribution in [0.1, 0.15) is 13.8 Å². The molecule has 0 aromatic heterocycles. The van der Waals surface area contributed by atoms with Gasteiger partial charge in [0.2, 0.25) is 0 Å². The Morgan fingerprint density at radius 2 is 2.21 bits per heavy atom. The number of amides is 1. The fourth-order valence-corrected chi connectivity index (χ4v) is 2.08. The monoisotopic (exact) mass is 263 g/mol. The van der Waals surface area contributed by atoms with Crippen molar-refractivity contribution < 1.29 is 19.1 Å². The van der Waals surface area contributed by atoms with Gasteiger partial charge in [0.15, 0.2) is 12.2 Å². The first-order valence-electron chi connectivity index (χ1n) is 5.78. The lowest BCUT2D eigenvalue weighted by molar-refractivity contribution is -0.183. The molecule has 5 heteroatoms. The Bertz CT molecular complexity index is 470. The zero-order valence-electron chi connectivity index (χ0n) is 11.3. The first-order chi connectivity index (χ1) is 8.97. The van der Waals surface area contributed by atoms with Crippen LogP contribution in [0.15, 0.2) is 17.9 Å². The van der Waals surface area contributed by atoms with Crippen LogP contribution in [0.4, 0.5) is 0 Å². The second-order valence-electron chi connectivity index (χ2n) is 4.21. The maximum atomic E-state index is 11.8. The summed E-state index contributed by atoms with van der Waals surface area (Å²) in [5.41, 5.74) is 3.31. The zero-order valence-corrected chi connectivity index (χ0v) is 11.3. The van der Waals surface area contributed by atoms with Crippen LogP contribution in [-0.2, 0) is 19.1 Å². The Hall–Kier alpha value is -2.02. The minimum absolute atomic E-state index is 0.144. The largest absolute Gasteiger partial charge is 0.455 e. The Kier molecular flexibility index (Phi) is 4.94. The predicted molar refractivity (Wildman–Crippen MR) is 69.0 cm³/mol. The van der Waals surface area contributed by atoms with Gasteiger partial charge in [-0.05, 0) is 6.92 Å². The van der Waals surface area contributed by atoms with Crippen molar-refractivity contribution in [3.05, 3.63) is 17.9 Å². The van der Waals surface area contributed by atoms with E-state index in [1.165, 1.54) is 18.9 Å². The number of carbonyl (C=O) groups excluding carboxylic acids is 2. The van der Waals surface area contributed by atoms with Crippen molar-refractivity contribution in [2.45, 2.75) is 32.1 Å². The van der Waals surface area contributed by atoms with Gasteiger partial charge in [-0.25, -0.2) is 0 Å². The van der Waals surface area contributed by atoms with Crippen LogP contribution >= 0.6 is 0 Å². The van der Waals surface area contributed by atoms with E-state index in [1.54, 1.807) is 6.92 Å². The smallest absolute Gasteiger partial charge is 0.303 e. The standard InChI is InChI=1S/C14H17NO4/c1-6-8-15-11(13(18-5)14(15)17)12(9(3)7-2)19-10(4)16/h1,11-13H,2,8H2,3-5H3/t11-,12-,13-/m1/s1. The predicted octanol–water partition coefficient (Wildman–Crippen LogP) is 0.508. The highest BCUT2D eigenvalue weighted by molar-refractivity contribution is 5.89. The number of likely N-dealkylation sites (tertiary alicyclic amines) is 1. The summed E-state index contributed by atoms with van der Waals surface area (Å²) in [5, 5.41) is 0. The molecule has 19 heavy (non-hydrogen) atoms. The topological polar surface area (TPSA) is 55.8 Å². The second kappa shape index (κ2) is 6.24. The second-order valence-corrected chi connectivity index (χ2v) is 4.21. The van der Waals surface area contributed by atoms with E-state index in [4.69, 9.17) is 15.9 Å².